The maximum absolute atomic E-state index is 12.9. The molecule has 1 aliphatic rings. The minimum absolute atomic E-state index is 0.0937. The number of hydrogen-bond donors (Lipinski definition) is 1. The number of aromatic nitrogens is 1. The molecule has 0 bridgehead atoms. The van der Waals surface area contributed by atoms with Gasteiger partial charge in [0.1, 0.15) is 5.75 Å². The van der Waals surface area contributed by atoms with Gasteiger partial charge in [0.25, 0.3) is 5.91 Å². The van der Waals surface area contributed by atoms with Crippen molar-refractivity contribution in [1.82, 2.24) is 4.98 Å². The van der Waals surface area contributed by atoms with Crippen molar-refractivity contribution < 1.29 is 14.3 Å². The van der Waals surface area contributed by atoms with Crippen LogP contribution in [0.3, 0.4) is 0 Å². The van der Waals surface area contributed by atoms with Crippen molar-refractivity contribution in [2.45, 2.75) is 23.5 Å². The smallest absolute Gasteiger partial charge is 0.256 e. The Morgan fingerprint density at radius 3 is 2.90 bits per heavy atom. The molecular formula is C22H21N3O3S2. The van der Waals surface area contributed by atoms with Crippen LogP contribution in [0.2, 0.25) is 0 Å². The third-order valence-corrected chi connectivity index (χ3v) is 6.53. The van der Waals surface area contributed by atoms with E-state index in [1.54, 1.807) is 52.8 Å². The van der Waals surface area contributed by atoms with Crippen molar-refractivity contribution in [2.75, 3.05) is 23.9 Å². The molecule has 0 atom stereocenters. The van der Waals surface area contributed by atoms with Crippen molar-refractivity contribution >= 4 is 46.3 Å². The molecule has 2 amide bonds. The number of carbonyl (C=O) groups excluding carboxylic acids is 2. The lowest BCUT2D eigenvalue weighted by Crippen LogP contribution is -2.24. The molecule has 6 nitrogen and oxygen atoms in total. The first-order valence-corrected chi connectivity index (χ1v) is 11.5. The van der Waals surface area contributed by atoms with Crippen LogP contribution >= 0.6 is 23.1 Å². The molecule has 30 heavy (non-hydrogen) atoms. The number of nitrogens with zero attached hydrogens (tertiary/aromatic N) is 2. The molecule has 1 saturated heterocycles. The van der Waals surface area contributed by atoms with Crippen LogP contribution in [0.4, 0.5) is 11.4 Å². The summed E-state index contributed by atoms with van der Waals surface area (Å²) in [6, 6.07) is 12.9. The normalized spacial score (nSPS) is 13.5. The SMILES string of the molecule is COc1cc(NC(=O)c2ccccc2SCc2cscn2)ccc1N1CCCC1=O. The lowest BCUT2D eigenvalue weighted by molar-refractivity contribution is -0.117. The molecule has 0 unspecified atom stereocenters. The minimum Gasteiger partial charge on any atom is -0.494 e. The highest BCUT2D eigenvalue weighted by Crippen LogP contribution is 2.34. The topological polar surface area (TPSA) is 71.5 Å². The Morgan fingerprint density at radius 2 is 2.17 bits per heavy atom. The van der Waals surface area contributed by atoms with Crippen LogP contribution in [0.5, 0.6) is 5.75 Å². The van der Waals surface area contributed by atoms with Crippen LogP contribution in [0, 0.1) is 0 Å². The number of methoxy groups -OCH3 is 1. The van der Waals surface area contributed by atoms with E-state index in [0.717, 1.165) is 22.7 Å². The van der Waals surface area contributed by atoms with Crippen LogP contribution in [-0.4, -0.2) is 30.5 Å². The standard InChI is InChI=1S/C22H21N3O3S2/c1-28-19-11-15(8-9-18(19)25-10-4-7-21(25)26)24-22(27)17-5-2-3-6-20(17)30-13-16-12-29-14-23-16/h2-3,5-6,8-9,11-12,14H,4,7,10,13H2,1H3,(H,24,27). The Morgan fingerprint density at radius 1 is 1.30 bits per heavy atom. The van der Waals surface area contributed by atoms with E-state index in [9.17, 15) is 9.59 Å². The highest BCUT2D eigenvalue weighted by Gasteiger charge is 2.24. The summed E-state index contributed by atoms with van der Waals surface area (Å²) in [5.41, 5.74) is 4.76. The summed E-state index contributed by atoms with van der Waals surface area (Å²) in [5.74, 6) is 1.18. The lowest BCUT2D eigenvalue weighted by Gasteiger charge is -2.20. The van der Waals surface area contributed by atoms with Crippen molar-refractivity contribution in [1.29, 1.82) is 0 Å². The van der Waals surface area contributed by atoms with Gasteiger partial charge in [0.05, 0.1) is 29.6 Å². The summed E-state index contributed by atoms with van der Waals surface area (Å²) in [6.07, 6.45) is 1.40. The molecule has 0 aliphatic carbocycles. The fraction of sp³-hybridized carbons (Fsp3) is 0.227. The third kappa shape index (κ3) is 4.49. The summed E-state index contributed by atoms with van der Waals surface area (Å²) in [6.45, 7) is 0.685. The van der Waals surface area contributed by atoms with Gasteiger partial charge in [-0.15, -0.1) is 23.1 Å². The van der Waals surface area contributed by atoms with Gasteiger partial charge in [0, 0.05) is 40.7 Å². The Kier molecular flexibility index (Phi) is 6.35. The number of hydrogen-bond acceptors (Lipinski definition) is 6. The van der Waals surface area contributed by atoms with E-state index in [2.05, 4.69) is 10.3 Å². The Labute approximate surface area is 183 Å². The van der Waals surface area contributed by atoms with Crippen molar-refractivity contribution in [3.8, 4) is 5.75 Å². The number of ether oxygens (including phenoxy) is 1. The second-order valence-electron chi connectivity index (χ2n) is 6.75. The number of amides is 2. The van der Waals surface area contributed by atoms with Gasteiger partial charge in [-0.25, -0.2) is 4.98 Å². The van der Waals surface area contributed by atoms with E-state index in [1.165, 1.54) is 0 Å². The maximum atomic E-state index is 12.9. The first-order chi connectivity index (χ1) is 14.7. The van der Waals surface area contributed by atoms with E-state index in [4.69, 9.17) is 4.74 Å². The van der Waals surface area contributed by atoms with Gasteiger partial charge in [-0.1, -0.05) is 12.1 Å². The second kappa shape index (κ2) is 9.32. The zero-order chi connectivity index (χ0) is 20.9. The molecular weight excluding hydrogens is 418 g/mol. The monoisotopic (exact) mass is 439 g/mol. The quantitative estimate of drug-likeness (QED) is 0.534. The van der Waals surface area contributed by atoms with Gasteiger partial charge in [0.15, 0.2) is 0 Å². The average Bonchev–Trinajstić information content (AvgIpc) is 3.44. The number of rotatable bonds is 7. The molecule has 154 valence electrons. The molecule has 0 spiro atoms. The van der Waals surface area contributed by atoms with E-state index in [-0.39, 0.29) is 11.8 Å². The summed E-state index contributed by atoms with van der Waals surface area (Å²) in [7, 11) is 1.56. The van der Waals surface area contributed by atoms with Crippen molar-refractivity contribution in [2.24, 2.45) is 0 Å². The summed E-state index contributed by atoms with van der Waals surface area (Å²) in [4.78, 5) is 31.9. The van der Waals surface area contributed by atoms with Gasteiger partial charge in [0.2, 0.25) is 5.91 Å². The number of carbonyl (C=O) groups is 2. The van der Waals surface area contributed by atoms with E-state index >= 15 is 0 Å². The molecule has 3 aromatic rings. The highest BCUT2D eigenvalue weighted by atomic mass is 32.2. The Hall–Kier alpha value is -2.84. The predicted molar refractivity (Wildman–Crippen MR) is 121 cm³/mol. The van der Waals surface area contributed by atoms with Crippen LogP contribution < -0.4 is 15.0 Å². The largest absolute Gasteiger partial charge is 0.494 e. The van der Waals surface area contributed by atoms with Crippen LogP contribution in [0.1, 0.15) is 28.9 Å². The molecule has 1 N–H and O–H groups in total. The van der Waals surface area contributed by atoms with Crippen LogP contribution in [-0.2, 0) is 10.5 Å². The molecule has 2 aromatic carbocycles. The molecule has 1 aliphatic heterocycles. The van der Waals surface area contributed by atoms with E-state index < -0.39 is 0 Å². The Balaban J connectivity index is 1.50. The van der Waals surface area contributed by atoms with Gasteiger partial charge in [-0.05, 0) is 30.7 Å². The number of anilines is 2. The number of thiazole rings is 1. The third-order valence-electron chi connectivity index (χ3n) is 4.79. The summed E-state index contributed by atoms with van der Waals surface area (Å²) in [5, 5.41) is 4.95. The fourth-order valence-corrected chi connectivity index (χ4v) is 4.94. The fourth-order valence-electron chi connectivity index (χ4n) is 3.32. The van der Waals surface area contributed by atoms with Crippen molar-refractivity contribution in [3.63, 3.8) is 0 Å². The maximum Gasteiger partial charge on any atom is 0.256 e. The molecule has 1 fully saturated rings. The zero-order valence-corrected chi connectivity index (χ0v) is 18.1. The van der Waals surface area contributed by atoms with Crippen LogP contribution in [0.15, 0.2) is 58.3 Å². The van der Waals surface area contributed by atoms with Gasteiger partial charge < -0.3 is 15.0 Å². The number of nitrogens with one attached hydrogen (secondary N) is 1. The molecule has 0 radical (unpaired) electrons. The molecule has 0 saturated carbocycles. The highest BCUT2D eigenvalue weighted by molar-refractivity contribution is 7.98. The molecule has 1 aromatic heterocycles. The molecule has 2 heterocycles. The lowest BCUT2D eigenvalue weighted by atomic mass is 10.2. The molecule has 8 heteroatoms. The van der Waals surface area contributed by atoms with Crippen molar-refractivity contribution in [3.05, 3.63) is 64.6 Å². The number of benzene rings is 2. The van der Waals surface area contributed by atoms with E-state index in [0.29, 0.717) is 35.7 Å². The summed E-state index contributed by atoms with van der Waals surface area (Å²) >= 11 is 3.15. The Bertz CT molecular complexity index is 1050. The first-order valence-electron chi connectivity index (χ1n) is 9.54. The summed E-state index contributed by atoms with van der Waals surface area (Å²) < 4.78 is 5.48. The molecule has 4 rings (SSSR count). The number of thioether (sulfide) groups is 1. The van der Waals surface area contributed by atoms with Gasteiger partial charge in [-0.3, -0.25) is 9.59 Å². The van der Waals surface area contributed by atoms with Gasteiger partial charge >= 0.3 is 0 Å². The van der Waals surface area contributed by atoms with E-state index in [1.807, 2.05) is 35.7 Å². The van der Waals surface area contributed by atoms with Crippen LogP contribution in [0.25, 0.3) is 0 Å². The zero-order valence-electron chi connectivity index (χ0n) is 16.5. The minimum atomic E-state index is -0.191. The average molecular weight is 440 g/mol. The first kappa shape index (κ1) is 20.4. The predicted octanol–water partition coefficient (Wildman–Crippen LogP) is 4.82. The van der Waals surface area contributed by atoms with Gasteiger partial charge in [-0.2, -0.15) is 0 Å². The second-order valence-corrected chi connectivity index (χ2v) is 8.49.